The zero-order valence-electron chi connectivity index (χ0n) is 13.7. The van der Waals surface area contributed by atoms with Gasteiger partial charge in [-0.1, -0.05) is 18.2 Å². The van der Waals surface area contributed by atoms with Gasteiger partial charge in [-0.2, -0.15) is 10.2 Å². The first-order chi connectivity index (χ1) is 11.7. The molecule has 2 heterocycles. The van der Waals surface area contributed by atoms with E-state index in [0.717, 1.165) is 22.3 Å². The van der Waals surface area contributed by atoms with Gasteiger partial charge in [0.15, 0.2) is 0 Å². The maximum atomic E-state index is 4.36. The largest absolute Gasteiger partial charge is 0.378 e. The zero-order chi connectivity index (χ0) is 16.5. The third-order valence-corrected chi connectivity index (χ3v) is 4.28. The molecule has 120 valence electrons. The average Bonchev–Trinajstić information content (AvgIpc) is 3.25. The molecule has 2 aromatic heterocycles. The van der Waals surface area contributed by atoms with Crippen molar-refractivity contribution >= 4 is 16.6 Å². The van der Waals surface area contributed by atoms with E-state index < -0.39 is 0 Å². The Balaban J connectivity index is 1.65. The predicted octanol–water partition coefficient (Wildman–Crippen LogP) is 3.93. The highest BCUT2D eigenvalue weighted by Gasteiger charge is 2.12. The molecule has 5 nitrogen and oxygen atoms in total. The van der Waals surface area contributed by atoms with Crippen molar-refractivity contribution in [1.82, 2.24) is 19.6 Å². The van der Waals surface area contributed by atoms with Crippen LogP contribution in [0.25, 0.3) is 16.6 Å². The molecular formula is C19H19N5. The first-order valence-corrected chi connectivity index (χ1v) is 7.99. The molecule has 0 saturated heterocycles. The van der Waals surface area contributed by atoms with Gasteiger partial charge < -0.3 is 5.32 Å². The van der Waals surface area contributed by atoms with Crippen molar-refractivity contribution in [3.05, 3.63) is 72.7 Å². The Bertz CT molecular complexity index is 969. The van der Waals surface area contributed by atoms with Gasteiger partial charge in [-0.05, 0) is 42.8 Å². The number of aryl methyl sites for hydroxylation is 1. The lowest BCUT2D eigenvalue weighted by atomic mass is 10.1. The highest BCUT2D eigenvalue weighted by molar-refractivity contribution is 5.82. The van der Waals surface area contributed by atoms with Gasteiger partial charge >= 0.3 is 0 Å². The normalized spacial score (nSPS) is 12.4. The molecule has 0 aliphatic carbocycles. The summed E-state index contributed by atoms with van der Waals surface area (Å²) in [5, 5.41) is 13.4. The molecule has 0 bridgehead atoms. The minimum absolute atomic E-state index is 0.152. The highest BCUT2D eigenvalue weighted by Crippen LogP contribution is 2.26. The van der Waals surface area contributed by atoms with E-state index in [1.54, 1.807) is 6.20 Å². The number of para-hydroxylation sites is 1. The summed E-state index contributed by atoms with van der Waals surface area (Å²) < 4.78 is 3.79. The van der Waals surface area contributed by atoms with Gasteiger partial charge in [0.05, 0.1) is 23.4 Å². The molecule has 0 radical (unpaired) electrons. The van der Waals surface area contributed by atoms with E-state index in [9.17, 15) is 0 Å². The van der Waals surface area contributed by atoms with E-state index in [1.165, 1.54) is 5.56 Å². The second-order valence-electron chi connectivity index (χ2n) is 5.92. The van der Waals surface area contributed by atoms with Crippen LogP contribution < -0.4 is 5.32 Å². The monoisotopic (exact) mass is 317 g/mol. The molecule has 4 aromatic rings. The Morgan fingerprint density at radius 2 is 1.92 bits per heavy atom. The third kappa shape index (κ3) is 2.54. The Labute approximate surface area is 140 Å². The lowest BCUT2D eigenvalue weighted by Gasteiger charge is -2.19. The van der Waals surface area contributed by atoms with Crippen LogP contribution in [0.3, 0.4) is 0 Å². The lowest BCUT2D eigenvalue weighted by molar-refractivity contribution is 0.797. The second-order valence-corrected chi connectivity index (χ2v) is 5.92. The lowest BCUT2D eigenvalue weighted by Crippen LogP contribution is -2.10. The molecule has 4 rings (SSSR count). The molecule has 1 N–H and O–H groups in total. The smallest absolute Gasteiger partial charge is 0.0698 e. The van der Waals surface area contributed by atoms with Crippen molar-refractivity contribution in [2.24, 2.45) is 7.05 Å². The maximum absolute atomic E-state index is 4.36. The second kappa shape index (κ2) is 5.85. The number of hydrogen-bond donors (Lipinski definition) is 1. The topological polar surface area (TPSA) is 47.7 Å². The average molecular weight is 317 g/mol. The van der Waals surface area contributed by atoms with Gasteiger partial charge in [0.1, 0.15) is 0 Å². The first-order valence-electron chi connectivity index (χ1n) is 7.99. The van der Waals surface area contributed by atoms with E-state index in [4.69, 9.17) is 0 Å². The van der Waals surface area contributed by atoms with Gasteiger partial charge in [0.2, 0.25) is 0 Å². The Morgan fingerprint density at radius 1 is 1.04 bits per heavy atom. The van der Waals surface area contributed by atoms with E-state index in [0.29, 0.717) is 0 Å². The number of fused-ring (bicyclic) bond motifs is 1. The van der Waals surface area contributed by atoms with Crippen LogP contribution in [0.4, 0.5) is 5.69 Å². The molecule has 0 aliphatic heterocycles. The number of hydrogen-bond acceptors (Lipinski definition) is 3. The molecule has 0 fully saturated rings. The molecule has 0 aliphatic rings. The van der Waals surface area contributed by atoms with Crippen molar-refractivity contribution in [1.29, 1.82) is 0 Å². The summed E-state index contributed by atoms with van der Waals surface area (Å²) in [6, 6.07) is 16.7. The molecule has 24 heavy (non-hydrogen) atoms. The van der Waals surface area contributed by atoms with E-state index in [-0.39, 0.29) is 6.04 Å². The minimum atomic E-state index is 0.152. The van der Waals surface area contributed by atoms with Crippen LogP contribution in [-0.2, 0) is 7.05 Å². The highest BCUT2D eigenvalue weighted by atomic mass is 15.3. The van der Waals surface area contributed by atoms with Gasteiger partial charge in [-0.15, -0.1) is 0 Å². The summed E-state index contributed by atoms with van der Waals surface area (Å²) in [5.41, 5.74) is 4.50. The molecule has 0 saturated carbocycles. The summed E-state index contributed by atoms with van der Waals surface area (Å²) in [4.78, 5) is 0. The molecule has 1 unspecified atom stereocenters. The summed E-state index contributed by atoms with van der Waals surface area (Å²) in [6.45, 7) is 2.16. The van der Waals surface area contributed by atoms with Crippen molar-refractivity contribution in [3.63, 3.8) is 0 Å². The molecule has 2 aromatic carbocycles. The minimum Gasteiger partial charge on any atom is -0.378 e. The fourth-order valence-electron chi connectivity index (χ4n) is 3.05. The van der Waals surface area contributed by atoms with Crippen LogP contribution in [0.5, 0.6) is 0 Å². The summed E-state index contributed by atoms with van der Waals surface area (Å²) in [5.74, 6) is 0. The molecule has 1 atom stereocenters. The van der Waals surface area contributed by atoms with E-state index >= 15 is 0 Å². The van der Waals surface area contributed by atoms with Crippen LogP contribution >= 0.6 is 0 Å². The number of benzene rings is 2. The zero-order valence-corrected chi connectivity index (χ0v) is 13.7. The fraction of sp³-hybridized carbons (Fsp3) is 0.158. The van der Waals surface area contributed by atoms with Gasteiger partial charge in [0.25, 0.3) is 0 Å². The van der Waals surface area contributed by atoms with Gasteiger partial charge in [-0.25, -0.2) is 4.68 Å². The Morgan fingerprint density at radius 3 is 2.75 bits per heavy atom. The van der Waals surface area contributed by atoms with Crippen molar-refractivity contribution < 1.29 is 0 Å². The maximum Gasteiger partial charge on any atom is 0.0698 e. The van der Waals surface area contributed by atoms with Crippen LogP contribution in [0.2, 0.25) is 0 Å². The van der Waals surface area contributed by atoms with Crippen LogP contribution in [0.15, 0.2) is 67.1 Å². The molecular weight excluding hydrogens is 298 g/mol. The molecule has 0 spiro atoms. The number of nitrogens with one attached hydrogen (secondary N) is 1. The van der Waals surface area contributed by atoms with Gasteiger partial charge in [-0.3, -0.25) is 4.68 Å². The van der Waals surface area contributed by atoms with Crippen molar-refractivity contribution in [2.45, 2.75) is 13.0 Å². The Hall–Kier alpha value is -3.08. The number of aromatic nitrogens is 4. The fourth-order valence-corrected chi connectivity index (χ4v) is 3.05. The SMILES string of the molecule is CC(Nc1ccc2c(cnn2C)c1)c1ccccc1-n1cccn1. The number of rotatable bonds is 4. The van der Waals surface area contributed by atoms with E-state index in [1.807, 2.05) is 40.9 Å². The number of nitrogens with zero attached hydrogens (tertiary/aromatic N) is 4. The first kappa shape index (κ1) is 14.5. The quantitative estimate of drug-likeness (QED) is 0.620. The standard InChI is InChI=1S/C19H19N5/c1-14(17-6-3-4-7-19(17)24-11-5-10-20-24)22-16-8-9-18-15(12-16)13-21-23(18)2/h3-14,22H,1-2H3. The van der Waals surface area contributed by atoms with Crippen LogP contribution in [0.1, 0.15) is 18.5 Å². The Kier molecular flexibility index (Phi) is 3.54. The predicted molar refractivity (Wildman–Crippen MR) is 96.3 cm³/mol. The van der Waals surface area contributed by atoms with Crippen molar-refractivity contribution in [2.75, 3.05) is 5.32 Å². The van der Waals surface area contributed by atoms with Crippen molar-refractivity contribution in [3.8, 4) is 5.69 Å². The van der Waals surface area contributed by atoms with Gasteiger partial charge in [0, 0.05) is 30.5 Å². The summed E-state index contributed by atoms with van der Waals surface area (Å²) in [7, 11) is 1.96. The number of anilines is 1. The van der Waals surface area contributed by atoms with Crippen LogP contribution in [0, 0.1) is 0 Å². The molecule has 0 amide bonds. The van der Waals surface area contributed by atoms with E-state index in [2.05, 4.69) is 58.8 Å². The summed E-state index contributed by atoms with van der Waals surface area (Å²) in [6.07, 6.45) is 5.65. The molecule has 5 heteroatoms. The van der Waals surface area contributed by atoms with Crippen LogP contribution in [-0.4, -0.2) is 19.6 Å². The third-order valence-electron chi connectivity index (χ3n) is 4.28. The summed E-state index contributed by atoms with van der Waals surface area (Å²) >= 11 is 0.